The van der Waals surface area contributed by atoms with Crippen LogP contribution >= 0.6 is 0 Å². The van der Waals surface area contributed by atoms with Gasteiger partial charge in [0.2, 0.25) is 5.88 Å². The van der Waals surface area contributed by atoms with Gasteiger partial charge in [-0.1, -0.05) is 0 Å². The van der Waals surface area contributed by atoms with Crippen molar-refractivity contribution in [1.29, 1.82) is 0 Å². The topological polar surface area (TPSA) is 43.4 Å². The number of nitrogens with one attached hydrogen (secondary N) is 1. The number of ether oxygens (including phenoxy) is 2. The Morgan fingerprint density at radius 1 is 1.64 bits per heavy atom. The van der Waals surface area contributed by atoms with Gasteiger partial charge in [0.1, 0.15) is 0 Å². The van der Waals surface area contributed by atoms with Gasteiger partial charge in [0.15, 0.2) is 0 Å². The molecule has 0 radical (unpaired) electrons. The summed E-state index contributed by atoms with van der Waals surface area (Å²) in [5, 5.41) is 3.38. The molecule has 0 aromatic carbocycles. The lowest BCUT2D eigenvalue weighted by Gasteiger charge is -2.24. The zero-order chi connectivity index (χ0) is 9.80. The van der Waals surface area contributed by atoms with Crippen LogP contribution in [-0.4, -0.2) is 31.9 Å². The summed E-state index contributed by atoms with van der Waals surface area (Å²) >= 11 is 0. The van der Waals surface area contributed by atoms with E-state index in [2.05, 4.69) is 10.3 Å². The Morgan fingerprint density at radius 3 is 3.29 bits per heavy atom. The van der Waals surface area contributed by atoms with Crippen LogP contribution in [0.5, 0.6) is 5.88 Å². The fourth-order valence-electron chi connectivity index (χ4n) is 1.53. The van der Waals surface area contributed by atoms with Crippen molar-refractivity contribution in [3.8, 4) is 5.88 Å². The smallest absolute Gasteiger partial charge is 0.213 e. The number of pyridine rings is 1. The third kappa shape index (κ3) is 2.02. The lowest BCUT2D eigenvalue weighted by molar-refractivity contribution is 0.0768. The molecule has 1 aliphatic heterocycles. The number of hydrogen-bond acceptors (Lipinski definition) is 4. The number of nitrogens with zero attached hydrogens (tertiary/aromatic N) is 1. The maximum absolute atomic E-state index is 5.39. The van der Waals surface area contributed by atoms with Crippen LogP contribution in [0.2, 0.25) is 0 Å². The highest BCUT2D eigenvalue weighted by Gasteiger charge is 2.15. The summed E-state index contributed by atoms with van der Waals surface area (Å²) < 4.78 is 10.5. The van der Waals surface area contributed by atoms with Gasteiger partial charge in [-0.25, -0.2) is 4.98 Å². The van der Waals surface area contributed by atoms with Crippen LogP contribution in [0.25, 0.3) is 0 Å². The van der Waals surface area contributed by atoms with Crippen LogP contribution in [0.4, 0.5) is 0 Å². The second-order valence-corrected chi connectivity index (χ2v) is 3.21. The molecule has 1 aliphatic rings. The van der Waals surface area contributed by atoms with E-state index < -0.39 is 0 Å². The molecule has 0 amide bonds. The molecule has 1 fully saturated rings. The quantitative estimate of drug-likeness (QED) is 0.754. The normalized spacial score (nSPS) is 21.9. The third-order valence-electron chi connectivity index (χ3n) is 2.29. The van der Waals surface area contributed by atoms with Crippen molar-refractivity contribution in [2.45, 2.75) is 6.04 Å². The van der Waals surface area contributed by atoms with Crippen LogP contribution in [0, 0.1) is 0 Å². The molecule has 4 nitrogen and oxygen atoms in total. The van der Waals surface area contributed by atoms with Gasteiger partial charge in [0, 0.05) is 18.8 Å². The number of rotatable bonds is 2. The maximum atomic E-state index is 5.39. The van der Waals surface area contributed by atoms with E-state index in [-0.39, 0.29) is 6.04 Å². The number of methoxy groups -OCH3 is 1. The van der Waals surface area contributed by atoms with Gasteiger partial charge in [-0.15, -0.1) is 0 Å². The highest BCUT2D eigenvalue weighted by molar-refractivity contribution is 5.23. The number of morpholine rings is 1. The second-order valence-electron chi connectivity index (χ2n) is 3.21. The minimum absolute atomic E-state index is 0.264. The molecule has 1 aromatic heterocycles. The molecule has 1 atom stereocenters. The molecular formula is C10H14N2O2. The first-order chi connectivity index (χ1) is 6.90. The van der Waals surface area contributed by atoms with Gasteiger partial charge in [-0.2, -0.15) is 0 Å². The van der Waals surface area contributed by atoms with Crippen molar-refractivity contribution in [3.05, 3.63) is 23.9 Å². The van der Waals surface area contributed by atoms with E-state index >= 15 is 0 Å². The van der Waals surface area contributed by atoms with Crippen molar-refractivity contribution >= 4 is 0 Å². The van der Waals surface area contributed by atoms with Gasteiger partial charge in [0.05, 0.1) is 26.4 Å². The Labute approximate surface area is 83.2 Å². The first-order valence-electron chi connectivity index (χ1n) is 4.71. The zero-order valence-corrected chi connectivity index (χ0v) is 8.19. The summed E-state index contributed by atoms with van der Waals surface area (Å²) in [5.74, 6) is 0.648. The molecule has 1 aromatic rings. The summed E-state index contributed by atoms with van der Waals surface area (Å²) in [7, 11) is 1.62. The van der Waals surface area contributed by atoms with E-state index in [0.717, 1.165) is 18.7 Å². The largest absolute Gasteiger partial charge is 0.481 e. The maximum Gasteiger partial charge on any atom is 0.213 e. The average molecular weight is 194 g/mol. The molecule has 2 rings (SSSR count). The van der Waals surface area contributed by atoms with Crippen LogP contribution in [0.15, 0.2) is 18.3 Å². The zero-order valence-electron chi connectivity index (χ0n) is 8.19. The molecular weight excluding hydrogens is 180 g/mol. The highest BCUT2D eigenvalue weighted by Crippen LogP contribution is 2.18. The Morgan fingerprint density at radius 2 is 2.57 bits per heavy atom. The van der Waals surface area contributed by atoms with E-state index in [1.54, 1.807) is 13.3 Å². The molecule has 0 unspecified atom stereocenters. The van der Waals surface area contributed by atoms with Gasteiger partial charge in [0.25, 0.3) is 0 Å². The molecule has 0 saturated carbocycles. The van der Waals surface area contributed by atoms with Crippen LogP contribution in [0.3, 0.4) is 0 Å². The van der Waals surface area contributed by atoms with E-state index in [0.29, 0.717) is 12.5 Å². The molecule has 4 heteroatoms. The first kappa shape index (κ1) is 9.43. The minimum atomic E-state index is 0.264. The fraction of sp³-hybridized carbons (Fsp3) is 0.500. The molecule has 2 heterocycles. The molecule has 76 valence electrons. The van der Waals surface area contributed by atoms with Crippen LogP contribution in [0.1, 0.15) is 11.6 Å². The van der Waals surface area contributed by atoms with E-state index in [1.807, 2.05) is 12.1 Å². The predicted molar refractivity (Wildman–Crippen MR) is 52.4 cm³/mol. The third-order valence-corrected chi connectivity index (χ3v) is 2.29. The van der Waals surface area contributed by atoms with E-state index in [1.165, 1.54) is 0 Å². The van der Waals surface area contributed by atoms with Gasteiger partial charge in [-0.3, -0.25) is 0 Å². The van der Waals surface area contributed by atoms with Crippen molar-refractivity contribution in [2.75, 3.05) is 26.9 Å². The predicted octanol–water partition coefficient (Wildman–Crippen LogP) is 0.751. The fourth-order valence-corrected chi connectivity index (χ4v) is 1.53. The summed E-state index contributed by atoms with van der Waals surface area (Å²) in [6.07, 6.45) is 1.75. The van der Waals surface area contributed by atoms with Crippen molar-refractivity contribution in [1.82, 2.24) is 10.3 Å². The SMILES string of the molecule is COc1cc([C@@H]2COCCN2)ccn1. The summed E-state index contributed by atoms with van der Waals surface area (Å²) in [6.45, 7) is 2.40. The van der Waals surface area contributed by atoms with Crippen molar-refractivity contribution < 1.29 is 9.47 Å². The molecule has 1 saturated heterocycles. The standard InChI is InChI=1S/C10H14N2O2/c1-13-10-6-8(2-3-12-10)9-7-14-5-4-11-9/h2-3,6,9,11H,4-5,7H2,1H3/t9-/m0/s1. The van der Waals surface area contributed by atoms with E-state index in [4.69, 9.17) is 9.47 Å². The highest BCUT2D eigenvalue weighted by atomic mass is 16.5. The van der Waals surface area contributed by atoms with Crippen molar-refractivity contribution in [2.24, 2.45) is 0 Å². The summed E-state index contributed by atoms with van der Waals surface area (Å²) in [4.78, 5) is 4.06. The van der Waals surface area contributed by atoms with Gasteiger partial charge < -0.3 is 14.8 Å². The van der Waals surface area contributed by atoms with Gasteiger partial charge >= 0.3 is 0 Å². The summed E-state index contributed by atoms with van der Waals surface area (Å²) in [5.41, 5.74) is 1.16. The monoisotopic (exact) mass is 194 g/mol. The Bertz CT molecular complexity index is 298. The van der Waals surface area contributed by atoms with Crippen molar-refractivity contribution in [3.63, 3.8) is 0 Å². The lowest BCUT2D eigenvalue weighted by Crippen LogP contribution is -2.34. The van der Waals surface area contributed by atoms with E-state index in [9.17, 15) is 0 Å². The molecule has 0 spiro atoms. The molecule has 14 heavy (non-hydrogen) atoms. The van der Waals surface area contributed by atoms with Crippen LogP contribution < -0.4 is 10.1 Å². The molecule has 1 N–H and O–H groups in total. The second kappa shape index (κ2) is 4.39. The average Bonchev–Trinajstić information content (AvgIpc) is 2.30. The lowest BCUT2D eigenvalue weighted by atomic mass is 10.1. The Kier molecular flexibility index (Phi) is 2.96. The molecule has 0 aliphatic carbocycles. The Balaban J connectivity index is 2.13. The first-order valence-corrected chi connectivity index (χ1v) is 4.71. The minimum Gasteiger partial charge on any atom is -0.481 e. The van der Waals surface area contributed by atoms with Gasteiger partial charge in [-0.05, 0) is 11.6 Å². The molecule has 0 bridgehead atoms. The number of aromatic nitrogens is 1. The number of hydrogen-bond donors (Lipinski definition) is 1. The van der Waals surface area contributed by atoms with Crippen LogP contribution in [-0.2, 0) is 4.74 Å². The Hall–Kier alpha value is -1.13. The summed E-state index contributed by atoms with van der Waals surface area (Å²) in [6, 6.07) is 4.18.